The molecular weight excluding hydrogens is 607 g/mol. The lowest BCUT2D eigenvalue weighted by molar-refractivity contribution is 0.660. The normalized spacial score (nSPS) is 14.7. The molecule has 0 atom stereocenters. The standard InChI is InChI=1S/C48H37NO/c1-47(2)41-25-22-31(28-39(41)46-34(17-12-19-42(46)47)30-13-6-5-7-14-30)49(32-23-26-45-38(27-32)37-16-9-11-20-44(37)50-45)33-21-24-36-35-15-8-10-18-40(35)48(3,4)43(36)29-33/h5-29H,1-4H3. The van der Waals surface area contributed by atoms with Gasteiger partial charge < -0.3 is 9.32 Å². The predicted molar refractivity (Wildman–Crippen MR) is 209 cm³/mol. The van der Waals surface area contributed by atoms with E-state index in [1.165, 1.54) is 55.6 Å². The summed E-state index contributed by atoms with van der Waals surface area (Å²) in [6.45, 7) is 9.44. The van der Waals surface area contributed by atoms with Crippen LogP contribution in [0.1, 0.15) is 49.9 Å². The molecule has 0 fully saturated rings. The Kier molecular flexibility index (Phi) is 6.01. The molecule has 2 aliphatic carbocycles. The molecule has 1 aromatic heterocycles. The number of para-hydroxylation sites is 1. The summed E-state index contributed by atoms with van der Waals surface area (Å²) in [4.78, 5) is 2.44. The van der Waals surface area contributed by atoms with E-state index in [-0.39, 0.29) is 10.8 Å². The number of fused-ring (bicyclic) bond motifs is 9. The Labute approximate surface area is 293 Å². The van der Waals surface area contributed by atoms with Gasteiger partial charge >= 0.3 is 0 Å². The number of hydrogen-bond acceptors (Lipinski definition) is 2. The van der Waals surface area contributed by atoms with Crippen LogP contribution in [0.2, 0.25) is 0 Å². The number of furan rings is 1. The summed E-state index contributed by atoms with van der Waals surface area (Å²) < 4.78 is 6.28. The van der Waals surface area contributed by atoms with E-state index in [2.05, 4.69) is 178 Å². The van der Waals surface area contributed by atoms with E-state index in [1.54, 1.807) is 0 Å². The van der Waals surface area contributed by atoms with Crippen LogP contribution < -0.4 is 4.90 Å². The summed E-state index contributed by atoms with van der Waals surface area (Å²) in [5, 5.41) is 2.25. The summed E-state index contributed by atoms with van der Waals surface area (Å²) in [5.74, 6) is 0. The maximum absolute atomic E-state index is 6.28. The molecular formula is C48H37NO. The topological polar surface area (TPSA) is 16.4 Å². The van der Waals surface area contributed by atoms with E-state index in [4.69, 9.17) is 4.42 Å². The van der Waals surface area contributed by atoms with Gasteiger partial charge in [-0.05, 0) is 104 Å². The van der Waals surface area contributed by atoms with Gasteiger partial charge in [-0.1, -0.05) is 131 Å². The van der Waals surface area contributed by atoms with Gasteiger partial charge in [0.1, 0.15) is 11.2 Å². The second-order valence-corrected chi connectivity index (χ2v) is 15.0. The molecule has 0 radical (unpaired) electrons. The number of anilines is 3. The molecule has 8 aromatic rings. The van der Waals surface area contributed by atoms with Crippen molar-refractivity contribution in [2.24, 2.45) is 0 Å². The van der Waals surface area contributed by atoms with E-state index in [9.17, 15) is 0 Å². The highest BCUT2D eigenvalue weighted by Crippen LogP contribution is 2.55. The maximum atomic E-state index is 6.28. The molecule has 10 rings (SSSR count). The van der Waals surface area contributed by atoms with E-state index in [1.807, 2.05) is 6.07 Å². The smallest absolute Gasteiger partial charge is 0.135 e. The first-order valence-corrected chi connectivity index (χ1v) is 17.6. The van der Waals surface area contributed by atoms with Crippen molar-refractivity contribution < 1.29 is 4.42 Å². The van der Waals surface area contributed by atoms with Gasteiger partial charge in [-0.2, -0.15) is 0 Å². The molecule has 0 spiro atoms. The Balaban J connectivity index is 1.22. The third-order valence-electron chi connectivity index (χ3n) is 11.5. The Bertz CT molecular complexity index is 2660. The largest absolute Gasteiger partial charge is 0.456 e. The van der Waals surface area contributed by atoms with Gasteiger partial charge in [-0.15, -0.1) is 0 Å². The van der Waals surface area contributed by atoms with Crippen LogP contribution in [-0.4, -0.2) is 0 Å². The summed E-state index contributed by atoms with van der Waals surface area (Å²) in [5.41, 5.74) is 18.3. The molecule has 0 saturated carbocycles. The van der Waals surface area contributed by atoms with Gasteiger partial charge in [-0.3, -0.25) is 0 Å². The van der Waals surface area contributed by atoms with E-state index < -0.39 is 0 Å². The molecule has 2 heteroatoms. The summed E-state index contributed by atoms with van der Waals surface area (Å²) in [6.07, 6.45) is 0. The molecule has 0 bridgehead atoms. The zero-order valence-electron chi connectivity index (χ0n) is 28.8. The van der Waals surface area contributed by atoms with Crippen LogP contribution in [0, 0.1) is 0 Å². The zero-order chi connectivity index (χ0) is 33.8. The average Bonchev–Trinajstić information content (AvgIpc) is 3.71. The molecule has 2 aliphatic rings. The molecule has 240 valence electrons. The highest BCUT2D eigenvalue weighted by atomic mass is 16.3. The fourth-order valence-corrected chi connectivity index (χ4v) is 8.92. The van der Waals surface area contributed by atoms with Crippen molar-refractivity contribution in [3.8, 4) is 33.4 Å². The lowest BCUT2D eigenvalue weighted by Gasteiger charge is -2.29. The first-order valence-electron chi connectivity index (χ1n) is 17.6. The highest BCUT2D eigenvalue weighted by molar-refractivity contribution is 6.07. The van der Waals surface area contributed by atoms with Crippen molar-refractivity contribution in [2.45, 2.75) is 38.5 Å². The van der Waals surface area contributed by atoms with Gasteiger partial charge in [0.25, 0.3) is 0 Å². The van der Waals surface area contributed by atoms with Crippen molar-refractivity contribution in [1.29, 1.82) is 0 Å². The fourth-order valence-electron chi connectivity index (χ4n) is 8.92. The second-order valence-electron chi connectivity index (χ2n) is 15.0. The average molecular weight is 644 g/mol. The zero-order valence-corrected chi connectivity index (χ0v) is 28.8. The van der Waals surface area contributed by atoms with Crippen molar-refractivity contribution in [2.75, 3.05) is 4.90 Å². The van der Waals surface area contributed by atoms with E-state index in [0.717, 1.165) is 39.0 Å². The molecule has 0 saturated heterocycles. The van der Waals surface area contributed by atoms with Gasteiger partial charge in [0.2, 0.25) is 0 Å². The Morgan fingerprint density at radius 3 is 1.88 bits per heavy atom. The fraction of sp³-hybridized carbons (Fsp3) is 0.125. The summed E-state index contributed by atoms with van der Waals surface area (Å²) in [7, 11) is 0. The second kappa shape index (κ2) is 10.3. The van der Waals surface area contributed by atoms with Crippen LogP contribution in [0.3, 0.4) is 0 Å². The Hall–Kier alpha value is -5.86. The minimum absolute atomic E-state index is 0.107. The first kappa shape index (κ1) is 29.1. The van der Waals surface area contributed by atoms with Crippen LogP contribution in [0.25, 0.3) is 55.3 Å². The number of hydrogen-bond donors (Lipinski definition) is 0. The minimum atomic E-state index is -0.114. The van der Waals surface area contributed by atoms with Gasteiger partial charge in [-0.25, -0.2) is 0 Å². The van der Waals surface area contributed by atoms with Gasteiger partial charge in [0, 0.05) is 38.7 Å². The highest BCUT2D eigenvalue weighted by Gasteiger charge is 2.38. The Morgan fingerprint density at radius 2 is 1.00 bits per heavy atom. The minimum Gasteiger partial charge on any atom is -0.456 e. The van der Waals surface area contributed by atoms with E-state index >= 15 is 0 Å². The van der Waals surface area contributed by atoms with Crippen molar-refractivity contribution in [3.05, 3.63) is 174 Å². The molecule has 7 aromatic carbocycles. The summed E-state index contributed by atoms with van der Waals surface area (Å²) in [6, 6.07) is 55.7. The van der Waals surface area contributed by atoms with Crippen molar-refractivity contribution >= 4 is 39.0 Å². The molecule has 0 aliphatic heterocycles. The van der Waals surface area contributed by atoms with E-state index in [0.29, 0.717) is 0 Å². The van der Waals surface area contributed by atoms with Crippen LogP contribution >= 0.6 is 0 Å². The number of benzene rings is 7. The quantitative estimate of drug-likeness (QED) is 0.190. The molecule has 2 nitrogen and oxygen atoms in total. The molecule has 50 heavy (non-hydrogen) atoms. The lowest BCUT2D eigenvalue weighted by Crippen LogP contribution is -2.17. The van der Waals surface area contributed by atoms with Crippen molar-refractivity contribution in [3.63, 3.8) is 0 Å². The number of rotatable bonds is 4. The first-order chi connectivity index (χ1) is 24.3. The molecule has 1 heterocycles. The van der Waals surface area contributed by atoms with Crippen LogP contribution in [-0.2, 0) is 10.8 Å². The van der Waals surface area contributed by atoms with Gasteiger partial charge in [0.05, 0.1) is 0 Å². The van der Waals surface area contributed by atoms with Gasteiger partial charge in [0.15, 0.2) is 0 Å². The van der Waals surface area contributed by atoms with Crippen LogP contribution in [0.15, 0.2) is 156 Å². The molecule has 0 amide bonds. The molecule has 0 unspecified atom stereocenters. The predicted octanol–water partition coefficient (Wildman–Crippen LogP) is 13.3. The third kappa shape index (κ3) is 4.02. The monoisotopic (exact) mass is 643 g/mol. The third-order valence-corrected chi connectivity index (χ3v) is 11.5. The molecule has 0 N–H and O–H groups in total. The maximum Gasteiger partial charge on any atom is 0.135 e. The van der Waals surface area contributed by atoms with Crippen molar-refractivity contribution in [1.82, 2.24) is 0 Å². The SMILES string of the molecule is CC1(C)c2ccccc2-c2ccc(N(c3ccc4c(c3)-c3c(-c5ccccc5)cccc3C4(C)C)c3ccc4oc5ccccc5c4c3)cc21. The summed E-state index contributed by atoms with van der Waals surface area (Å²) >= 11 is 0. The lowest BCUT2D eigenvalue weighted by atomic mass is 9.82. The van der Waals surface area contributed by atoms with Crippen LogP contribution in [0.5, 0.6) is 0 Å². The van der Waals surface area contributed by atoms with Crippen LogP contribution in [0.4, 0.5) is 17.1 Å². The number of nitrogens with zero attached hydrogens (tertiary/aromatic N) is 1. The Morgan fingerprint density at radius 1 is 0.400 bits per heavy atom.